The molecule has 2 aromatic carbocycles. The van der Waals surface area contributed by atoms with Crippen molar-refractivity contribution in [2.45, 2.75) is 19.6 Å². The highest BCUT2D eigenvalue weighted by atomic mass is 32.2. The first-order valence-electron chi connectivity index (χ1n) is 10.9. The molecule has 12 heteroatoms. The van der Waals surface area contributed by atoms with Crippen molar-refractivity contribution in [2.75, 3.05) is 44.8 Å². The summed E-state index contributed by atoms with van der Waals surface area (Å²) in [5.41, 5.74) is 1.99. The van der Waals surface area contributed by atoms with Crippen LogP contribution in [0.2, 0.25) is 0 Å². The van der Waals surface area contributed by atoms with Gasteiger partial charge in [0.25, 0.3) is 0 Å². The normalized spacial score (nSPS) is 11.1. The summed E-state index contributed by atoms with van der Waals surface area (Å²) in [4.78, 5) is 8.24. The van der Waals surface area contributed by atoms with E-state index in [4.69, 9.17) is 18.9 Å². The molecule has 0 unspecified atom stereocenters. The van der Waals surface area contributed by atoms with Crippen LogP contribution in [0.1, 0.15) is 18.1 Å². The first-order chi connectivity index (χ1) is 17.1. The third-order valence-corrected chi connectivity index (χ3v) is 5.99. The Hall–Kier alpha value is -3.80. The number of halogens is 1. The molecule has 0 amide bonds. The van der Waals surface area contributed by atoms with Crippen LogP contribution in [0.25, 0.3) is 0 Å². The summed E-state index contributed by atoms with van der Waals surface area (Å²) < 4.78 is 60.5. The molecule has 2 N–H and O–H groups in total. The molecule has 0 bridgehead atoms. The molecular formula is C24H29FN4O6S. The van der Waals surface area contributed by atoms with Gasteiger partial charge in [0.15, 0.2) is 33.0 Å². The van der Waals surface area contributed by atoms with Crippen LogP contribution in [-0.4, -0.2) is 52.6 Å². The summed E-state index contributed by atoms with van der Waals surface area (Å²) in [6.45, 7) is 4.01. The maximum absolute atomic E-state index is 14.7. The predicted octanol–water partition coefficient (Wildman–Crippen LogP) is 4.38. The van der Waals surface area contributed by atoms with Crippen molar-refractivity contribution in [3.63, 3.8) is 0 Å². The fourth-order valence-electron chi connectivity index (χ4n) is 3.54. The highest BCUT2D eigenvalue weighted by Crippen LogP contribution is 2.40. The standard InChI is InChI=1S/C24H29FN4O6S/c1-7-35-19-9-8-18(16(14(19)2)13-36(6,30)31)28-23-17(25)12-26-24(29-23)27-15-10-20(32-3)22(34-5)21(11-15)33-4/h8-12H,7,13H2,1-6H3,(H2,26,27,28,29). The molecule has 36 heavy (non-hydrogen) atoms. The number of ether oxygens (including phenoxy) is 4. The van der Waals surface area contributed by atoms with E-state index in [0.717, 1.165) is 12.5 Å². The van der Waals surface area contributed by atoms with Gasteiger partial charge < -0.3 is 29.6 Å². The fraction of sp³-hybridized carbons (Fsp3) is 0.333. The molecule has 0 aliphatic carbocycles. The number of rotatable bonds is 11. The summed E-state index contributed by atoms with van der Waals surface area (Å²) >= 11 is 0. The van der Waals surface area contributed by atoms with Gasteiger partial charge in [-0.1, -0.05) is 0 Å². The van der Waals surface area contributed by atoms with Gasteiger partial charge in [0.2, 0.25) is 11.7 Å². The Bertz CT molecular complexity index is 1330. The Balaban J connectivity index is 1.98. The molecule has 0 atom stereocenters. The second kappa shape index (κ2) is 11.3. The number of hydrogen-bond acceptors (Lipinski definition) is 10. The van der Waals surface area contributed by atoms with Crippen LogP contribution in [0, 0.1) is 12.7 Å². The lowest BCUT2D eigenvalue weighted by Crippen LogP contribution is -2.09. The van der Waals surface area contributed by atoms with Crippen LogP contribution in [0.5, 0.6) is 23.0 Å². The molecule has 3 aromatic rings. The van der Waals surface area contributed by atoms with Gasteiger partial charge in [0, 0.05) is 29.8 Å². The van der Waals surface area contributed by atoms with Crippen LogP contribution in [0.15, 0.2) is 30.5 Å². The summed E-state index contributed by atoms with van der Waals surface area (Å²) in [6, 6.07) is 6.63. The molecule has 0 saturated carbocycles. The SMILES string of the molecule is CCOc1ccc(Nc2nc(Nc3cc(OC)c(OC)c(OC)c3)ncc2F)c(CS(C)(=O)=O)c1C. The van der Waals surface area contributed by atoms with E-state index in [1.165, 1.54) is 21.3 Å². The topological polar surface area (TPSA) is 121 Å². The van der Waals surface area contributed by atoms with E-state index >= 15 is 0 Å². The number of anilines is 4. The number of nitrogens with zero attached hydrogens (tertiary/aromatic N) is 2. The quantitative estimate of drug-likeness (QED) is 0.377. The van der Waals surface area contributed by atoms with Gasteiger partial charge in [0.05, 0.1) is 39.9 Å². The van der Waals surface area contributed by atoms with Gasteiger partial charge in [-0.25, -0.2) is 17.8 Å². The maximum atomic E-state index is 14.7. The molecule has 0 spiro atoms. The lowest BCUT2D eigenvalue weighted by molar-refractivity contribution is 0.324. The van der Waals surface area contributed by atoms with Crippen LogP contribution in [-0.2, 0) is 15.6 Å². The van der Waals surface area contributed by atoms with Crippen molar-refractivity contribution in [1.82, 2.24) is 9.97 Å². The van der Waals surface area contributed by atoms with Crippen molar-refractivity contribution in [3.8, 4) is 23.0 Å². The molecule has 0 aliphatic rings. The number of sulfone groups is 1. The predicted molar refractivity (Wildman–Crippen MR) is 136 cm³/mol. The second-order valence-electron chi connectivity index (χ2n) is 7.77. The Morgan fingerprint density at radius 3 is 2.22 bits per heavy atom. The zero-order valence-corrected chi connectivity index (χ0v) is 21.7. The second-order valence-corrected chi connectivity index (χ2v) is 9.91. The monoisotopic (exact) mass is 520 g/mol. The molecular weight excluding hydrogens is 491 g/mol. The van der Waals surface area contributed by atoms with E-state index in [-0.39, 0.29) is 17.5 Å². The van der Waals surface area contributed by atoms with Gasteiger partial charge in [-0.2, -0.15) is 4.98 Å². The maximum Gasteiger partial charge on any atom is 0.229 e. The Labute approximate surface area is 209 Å². The van der Waals surface area contributed by atoms with Crippen molar-refractivity contribution in [2.24, 2.45) is 0 Å². The Kier molecular flexibility index (Phi) is 8.41. The van der Waals surface area contributed by atoms with Crippen molar-refractivity contribution in [3.05, 3.63) is 47.4 Å². The smallest absolute Gasteiger partial charge is 0.229 e. The van der Waals surface area contributed by atoms with Gasteiger partial charge in [-0.3, -0.25) is 0 Å². The van der Waals surface area contributed by atoms with Gasteiger partial charge in [0.1, 0.15) is 5.75 Å². The molecule has 0 radical (unpaired) electrons. The first kappa shape index (κ1) is 26.8. The first-order valence-corrected chi connectivity index (χ1v) is 13.0. The van der Waals surface area contributed by atoms with Crippen molar-refractivity contribution < 1.29 is 31.8 Å². The van der Waals surface area contributed by atoms with Crippen LogP contribution in [0.4, 0.5) is 27.5 Å². The van der Waals surface area contributed by atoms with E-state index in [1.807, 2.05) is 6.92 Å². The van der Waals surface area contributed by atoms with Crippen molar-refractivity contribution in [1.29, 1.82) is 0 Å². The van der Waals surface area contributed by atoms with E-state index < -0.39 is 15.7 Å². The third kappa shape index (κ3) is 6.25. The number of hydrogen-bond donors (Lipinski definition) is 2. The van der Waals surface area contributed by atoms with Crippen LogP contribution >= 0.6 is 0 Å². The Morgan fingerprint density at radius 2 is 1.67 bits per heavy atom. The largest absolute Gasteiger partial charge is 0.494 e. The number of methoxy groups -OCH3 is 3. The molecule has 3 rings (SSSR count). The highest BCUT2D eigenvalue weighted by molar-refractivity contribution is 7.89. The minimum atomic E-state index is -3.39. The summed E-state index contributed by atoms with van der Waals surface area (Å²) in [6.07, 6.45) is 2.14. The summed E-state index contributed by atoms with van der Waals surface area (Å²) in [5.74, 6) is 0.753. The fourth-order valence-corrected chi connectivity index (χ4v) is 4.43. The van der Waals surface area contributed by atoms with Crippen LogP contribution in [0.3, 0.4) is 0 Å². The average molecular weight is 521 g/mol. The molecule has 1 heterocycles. The summed E-state index contributed by atoms with van der Waals surface area (Å²) in [7, 11) is 1.08. The van der Waals surface area contributed by atoms with Crippen molar-refractivity contribution >= 4 is 33.0 Å². The van der Waals surface area contributed by atoms with E-state index in [0.29, 0.717) is 52.1 Å². The highest BCUT2D eigenvalue weighted by Gasteiger charge is 2.19. The number of aromatic nitrogens is 2. The van der Waals surface area contributed by atoms with Gasteiger partial charge in [-0.15, -0.1) is 0 Å². The number of nitrogens with one attached hydrogen (secondary N) is 2. The minimum Gasteiger partial charge on any atom is -0.494 e. The van der Waals surface area contributed by atoms with Crippen LogP contribution < -0.4 is 29.6 Å². The lowest BCUT2D eigenvalue weighted by atomic mass is 10.1. The molecule has 194 valence electrons. The zero-order chi connectivity index (χ0) is 26.5. The Morgan fingerprint density at radius 1 is 1.00 bits per heavy atom. The zero-order valence-electron chi connectivity index (χ0n) is 20.9. The molecule has 0 fully saturated rings. The van der Waals surface area contributed by atoms with E-state index in [9.17, 15) is 12.8 Å². The molecule has 0 saturated heterocycles. The summed E-state index contributed by atoms with van der Waals surface area (Å²) in [5, 5.41) is 5.90. The van der Waals surface area contributed by atoms with Gasteiger partial charge >= 0.3 is 0 Å². The third-order valence-electron chi connectivity index (χ3n) is 5.17. The van der Waals surface area contributed by atoms with E-state index in [2.05, 4.69) is 20.6 Å². The molecule has 0 aliphatic heterocycles. The average Bonchev–Trinajstić information content (AvgIpc) is 2.83. The molecule has 10 nitrogen and oxygen atoms in total. The van der Waals surface area contributed by atoms with Gasteiger partial charge in [-0.05, 0) is 37.1 Å². The lowest BCUT2D eigenvalue weighted by Gasteiger charge is -2.18. The number of benzene rings is 2. The molecule has 1 aromatic heterocycles. The van der Waals surface area contributed by atoms with E-state index in [1.54, 1.807) is 31.2 Å². The minimum absolute atomic E-state index is 0.0838.